The Hall–Kier alpha value is -2.25. The lowest BCUT2D eigenvalue weighted by atomic mass is 10.0. The van der Waals surface area contributed by atoms with Crippen LogP contribution in [0, 0.1) is 6.92 Å². The highest BCUT2D eigenvalue weighted by Crippen LogP contribution is 2.24. The van der Waals surface area contributed by atoms with Crippen molar-refractivity contribution < 1.29 is 22.7 Å². The van der Waals surface area contributed by atoms with E-state index in [9.17, 15) is 18.0 Å². The number of hydrogen-bond donors (Lipinski definition) is 0. The number of carbonyl (C=O) groups excluding carboxylic acids is 1. The van der Waals surface area contributed by atoms with Crippen LogP contribution in [0.25, 0.3) is 0 Å². The van der Waals surface area contributed by atoms with E-state index in [2.05, 4.69) is 16.7 Å². The van der Waals surface area contributed by atoms with Gasteiger partial charge in [-0.15, -0.1) is 25.6 Å². The molecule has 0 saturated carbocycles. The number of likely N-dealkylation sites (tertiary alicyclic amines) is 1. The molecular formula is C23H28ClF3N2O2. The Kier molecular flexibility index (Phi) is 8.77. The van der Waals surface area contributed by atoms with Gasteiger partial charge in [0.25, 0.3) is 0 Å². The lowest BCUT2D eigenvalue weighted by Crippen LogP contribution is -2.46. The molecule has 1 fully saturated rings. The maximum atomic E-state index is 13.2. The van der Waals surface area contributed by atoms with Gasteiger partial charge in [0.1, 0.15) is 5.75 Å². The number of halogens is 4. The van der Waals surface area contributed by atoms with E-state index < -0.39 is 6.36 Å². The van der Waals surface area contributed by atoms with Crippen LogP contribution in [0.1, 0.15) is 29.5 Å². The van der Waals surface area contributed by atoms with Crippen molar-refractivity contribution in [2.24, 2.45) is 0 Å². The number of hydrogen-bond acceptors (Lipinski definition) is 3. The van der Waals surface area contributed by atoms with Gasteiger partial charge in [-0.25, -0.2) is 0 Å². The average Bonchev–Trinajstić information content (AvgIpc) is 2.69. The number of piperidine rings is 1. The summed E-state index contributed by atoms with van der Waals surface area (Å²) < 4.78 is 40.9. The Morgan fingerprint density at radius 2 is 1.58 bits per heavy atom. The van der Waals surface area contributed by atoms with E-state index in [1.165, 1.54) is 24.3 Å². The number of benzene rings is 2. The minimum absolute atomic E-state index is 0. The molecule has 2 aromatic rings. The second kappa shape index (κ2) is 10.9. The van der Waals surface area contributed by atoms with Crippen molar-refractivity contribution in [2.75, 3.05) is 20.1 Å². The van der Waals surface area contributed by atoms with Gasteiger partial charge in [0.15, 0.2) is 0 Å². The summed E-state index contributed by atoms with van der Waals surface area (Å²) in [6.45, 7) is 4.43. The van der Waals surface area contributed by atoms with Crippen LogP contribution in [0.2, 0.25) is 0 Å². The molecule has 0 spiro atoms. The molecule has 0 radical (unpaired) electrons. The molecule has 1 saturated heterocycles. The monoisotopic (exact) mass is 456 g/mol. The van der Waals surface area contributed by atoms with Crippen LogP contribution < -0.4 is 4.74 Å². The van der Waals surface area contributed by atoms with Crippen LogP contribution in [0.15, 0.2) is 48.5 Å². The van der Waals surface area contributed by atoms with Gasteiger partial charge < -0.3 is 14.5 Å². The number of nitrogens with zero attached hydrogens (tertiary/aromatic N) is 2. The molecule has 31 heavy (non-hydrogen) atoms. The number of carbonyl (C=O) groups is 1. The summed E-state index contributed by atoms with van der Waals surface area (Å²) >= 11 is 0. The number of aryl methyl sites for hydroxylation is 1. The van der Waals surface area contributed by atoms with Gasteiger partial charge in [-0.1, -0.05) is 42.0 Å². The van der Waals surface area contributed by atoms with Crippen LogP contribution >= 0.6 is 12.4 Å². The van der Waals surface area contributed by atoms with Crippen LogP contribution in [0.3, 0.4) is 0 Å². The highest BCUT2D eigenvalue weighted by atomic mass is 35.5. The molecule has 1 aliphatic heterocycles. The molecule has 0 atom stereocenters. The highest BCUT2D eigenvalue weighted by molar-refractivity contribution is 5.85. The van der Waals surface area contributed by atoms with Gasteiger partial charge >= 0.3 is 6.36 Å². The number of amides is 1. The largest absolute Gasteiger partial charge is 0.573 e. The van der Waals surface area contributed by atoms with E-state index >= 15 is 0 Å². The first-order valence-corrected chi connectivity index (χ1v) is 10.1. The second-order valence-corrected chi connectivity index (χ2v) is 7.91. The molecule has 0 bridgehead atoms. The predicted octanol–water partition coefficient (Wildman–Crippen LogP) is 4.98. The minimum atomic E-state index is -4.73. The minimum Gasteiger partial charge on any atom is -0.406 e. The van der Waals surface area contributed by atoms with Crippen LogP contribution in [-0.2, 0) is 17.8 Å². The van der Waals surface area contributed by atoms with Gasteiger partial charge in [-0.3, -0.25) is 4.79 Å². The van der Waals surface area contributed by atoms with Crippen LogP contribution in [-0.4, -0.2) is 48.2 Å². The first kappa shape index (κ1) is 25.0. The summed E-state index contributed by atoms with van der Waals surface area (Å²) in [6.07, 6.45) is -2.76. The van der Waals surface area contributed by atoms with Crippen LogP contribution in [0.4, 0.5) is 13.2 Å². The zero-order valence-electron chi connectivity index (χ0n) is 17.7. The van der Waals surface area contributed by atoms with E-state index in [4.69, 9.17) is 0 Å². The lowest BCUT2D eigenvalue weighted by molar-refractivity contribution is -0.274. The highest BCUT2D eigenvalue weighted by Gasteiger charge is 2.31. The molecule has 0 aliphatic carbocycles. The third kappa shape index (κ3) is 7.74. The lowest BCUT2D eigenvalue weighted by Gasteiger charge is -2.37. The Balaban J connectivity index is 0.00000341. The molecule has 8 heteroatoms. The number of ether oxygens (including phenoxy) is 1. The molecule has 0 aromatic heterocycles. The normalized spacial score (nSPS) is 15.3. The fraction of sp³-hybridized carbons (Fsp3) is 0.435. The van der Waals surface area contributed by atoms with Crippen molar-refractivity contribution >= 4 is 18.3 Å². The molecule has 4 nitrogen and oxygen atoms in total. The fourth-order valence-corrected chi connectivity index (χ4v) is 3.70. The summed E-state index contributed by atoms with van der Waals surface area (Å²) in [5.74, 6) is -0.305. The van der Waals surface area contributed by atoms with Crippen molar-refractivity contribution in [3.8, 4) is 5.75 Å². The Morgan fingerprint density at radius 3 is 2.13 bits per heavy atom. The maximum Gasteiger partial charge on any atom is 0.573 e. The average molecular weight is 457 g/mol. The van der Waals surface area contributed by atoms with Gasteiger partial charge in [-0.05, 0) is 63.2 Å². The zero-order chi connectivity index (χ0) is 21.7. The van der Waals surface area contributed by atoms with Gasteiger partial charge in [0, 0.05) is 12.6 Å². The summed E-state index contributed by atoms with van der Waals surface area (Å²) in [6, 6.07) is 13.8. The molecule has 1 aliphatic rings. The number of rotatable bonds is 6. The van der Waals surface area contributed by atoms with Gasteiger partial charge in [-0.2, -0.15) is 0 Å². The third-order valence-electron chi connectivity index (χ3n) is 5.44. The fourth-order valence-electron chi connectivity index (χ4n) is 3.70. The first-order valence-electron chi connectivity index (χ1n) is 10.1. The zero-order valence-corrected chi connectivity index (χ0v) is 18.5. The van der Waals surface area contributed by atoms with Crippen molar-refractivity contribution in [1.82, 2.24) is 9.80 Å². The summed E-state index contributed by atoms with van der Waals surface area (Å²) in [4.78, 5) is 17.4. The van der Waals surface area contributed by atoms with Crippen molar-refractivity contribution in [1.29, 1.82) is 0 Å². The smallest absolute Gasteiger partial charge is 0.406 e. The van der Waals surface area contributed by atoms with E-state index in [-0.39, 0.29) is 36.5 Å². The quantitative estimate of drug-likeness (QED) is 0.614. The third-order valence-corrected chi connectivity index (χ3v) is 5.44. The van der Waals surface area contributed by atoms with E-state index in [1.807, 2.05) is 36.1 Å². The summed E-state index contributed by atoms with van der Waals surface area (Å²) in [5, 5.41) is 0. The Bertz CT molecular complexity index is 833. The predicted molar refractivity (Wildman–Crippen MR) is 116 cm³/mol. The number of alkyl halides is 3. The standard InChI is InChI=1S/C23H27F3N2O2.ClH/c1-17-3-5-19(6-4-17)16-28(20-11-13-27(2)14-12-20)22(29)15-18-7-9-21(10-8-18)30-23(24,25)26;/h3-10,20H,11-16H2,1-2H3;1H. The summed E-state index contributed by atoms with van der Waals surface area (Å²) in [7, 11) is 2.08. The SMILES string of the molecule is Cc1ccc(CN(C(=O)Cc2ccc(OC(F)(F)F)cc2)C2CCN(C)CC2)cc1.Cl. The van der Waals surface area contributed by atoms with E-state index in [1.54, 1.807) is 0 Å². The molecule has 3 rings (SSSR count). The van der Waals surface area contributed by atoms with Crippen molar-refractivity contribution in [3.63, 3.8) is 0 Å². The van der Waals surface area contributed by atoms with Gasteiger partial charge in [0.2, 0.25) is 5.91 Å². The Labute approximate surface area is 187 Å². The molecule has 2 aromatic carbocycles. The molecule has 0 N–H and O–H groups in total. The maximum absolute atomic E-state index is 13.2. The summed E-state index contributed by atoms with van der Waals surface area (Å²) in [5.41, 5.74) is 2.90. The molecule has 1 amide bonds. The van der Waals surface area contributed by atoms with Crippen molar-refractivity contribution in [2.45, 2.75) is 45.1 Å². The van der Waals surface area contributed by atoms with Crippen LogP contribution in [0.5, 0.6) is 5.75 Å². The van der Waals surface area contributed by atoms with E-state index in [0.29, 0.717) is 12.1 Å². The molecule has 1 heterocycles. The molecular weight excluding hydrogens is 429 g/mol. The van der Waals surface area contributed by atoms with Gasteiger partial charge in [0.05, 0.1) is 6.42 Å². The first-order chi connectivity index (χ1) is 14.2. The molecule has 0 unspecified atom stereocenters. The Morgan fingerprint density at radius 1 is 1.03 bits per heavy atom. The van der Waals surface area contributed by atoms with Crippen molar-refractivity contribution in [3.05, 3.63) is 65.2 Å². The topological polar surface area (TPSA) is 32.8 Å². The molecule has 170 valence electrons. The second-order valence-electron chi connectivity index (χ2n) is 7.91. The van der Waals surface area contributed by atoms with E-state index in [0.717, 1.165) is 37.1 Å².